The maximum absolute atomic E-state index is 5.78. The second-order valence-electron chi connectivity index (χ2n) is 2.33. The van der Waals surface area contributed by atoms with Crippen LogP contribution in [0.25, 0.3) is 0 Å². The molecule has 0 radical (unpaired) electrons. The predicted octanol–water partition coefficient (Wildman–Crippen LogP) is 1.38. The van der Waals surface area contributed by atoms with Crippen LogP contribution in [0.2, 0.25) is 0 Å². The van der Waals surface area contributed by atoms with Crippen molar-refractivity contribution in [1.29, 1.82) is 0 Å². The highest BCUT2D eigenvalue weighted by Gasteiger charge is 2.35. The molecule has 1 unspecified atom stereocenters. The van der Waals surface area contributed by atoms with Gasteiger partial charge < -0.3 is 9.47 Å². The lowest BCUT2D eigenvalue weighted by atomic mass is 10.2. The van der Waals surface area contributed by atoms with E-state index in [2.05, 4.69) is 0 Å². The topological polar surface area (TPSA) is 18.5 Å². The van der Waals surface area contributed by atoms with E-state index in [1.54, 1.807) is 0 Å². The first-order chi connectivity index (χ1) is 4.15. The third-order valence-electron chi connectivity index (χ3n) is 1.58. The SMILES string of the molecule is CC(Cl)C1(C)OCCO1. The Kier molecular flexibility index (Phi) is 1.99. The van der Waals surface area contributed by atoms with E-state index in [1.165, 1.54) is 0 Å². The lowest BCUT2D eigenvalue weighted by molar-refractivity contribution is -0.140. The normalized spacial score (nSPS) is 28.3. The van der Waals surface area contributed by atoms with E-state index in [1.807, 2.05) is 13.8 Å². The fourth-order valence-electron chi connectivity index (χ4n) is 0.760. The predicted molar refractivity (Wildman–Crippen MR) is 35.6 cm³/mol. The standard InChI is InChI=1S/C6H11ClO2/c1-5(7)6(2)8-3-4-9-6/h5H,3-4H2,1-2H3. The zero-order valence-corrected chi connectivity index (χ0v) is 6.44. The van der Waals surface area contributed by atoms with Crippen molar-refractivity contribution in [2.45, 2.75) is 25.0 Å². The summed E-state index contributed by atoms with van der Waals surface area (Å²) in [5, 5.41) is -0.0833. The average molecular weight is 151 g/mol. The van der Waals surface area contributed by atoms with Gasteiger partial charge in [0, 0.05) is 0 Å². The van der Waals surface area contributed by atoms with Gasteiger partial charge in [-0.05, 0) is 13.8 Å². The molecule has 0 amide bonds. The van der Waals surface area contributed by atoms with Crippen LogP contribution in [0, 0.1) is 0 Å². The highest BCUT2D eigenvalue weighted by Crippen LogP contribution is 2.25. The van der Waals surface area contributed by atoms with Gasteiger partial charge in [0.25, 0.3) is 0 Å². The van der Waals surface area contributed by atoms with Crippen LogP contribution >= 0.6 is 11.6 Å². The molecule has 3 heteroatoms. The fourth-order valence-corrected chi connectivity index (χ4v) is 0.886. The molecular formula is C6H11ClO2. The molecule has 1 aliphatic heterocycles. The van der Waals surface area contributed by atoms with Crippen LogP contribution in [0.4, 0.5) is 0 Å². The second-order valence-corrected chi connectivity index (χ2v) is 2.98. The van der Waals surface area contributed by atoms with Crippen LogP contribution in [0.3, 0.4) is 0 Å². The summed E-state index contributed by atoms with van der Waals surface area (Å²) in [6.07, 6.45) is 0. The van der Waals surface area contributed by atoms with Crippen molar-refractivity contribution in [3.05, 3.63) is 0 Å². The molecule has 0 N–H and O–H groups in total. The molecule has 0 aliphatic carbocycles. The Labute approximate surface area is 60.1 Å². The summed E-state index contributed by atoms with van der Waals surface area (Å²) < 4.78 is 10.5. The lowest BCUT2D eigenvalue weighted by Gasteiger charge is -2.24. The molecule has 0 spiro atoms. The Hall–Kier alpha value is 0.210. The zero-order valence-electron chi connectivity index (χ0n) is 5.69. The first-order valence-electron chi connectivity index (χ1n) is 3.07. The van der Waals surface area contributed by atoms with Gasteiger partial charge >= 0.3 is 0 Å². The molecule has 54 valence electrons. The Bertz CT molecular complexity index is 97.2. The van der Waals surface area contributed by atoms with E-state index in [0.29, 0.717) is 13.2 Å². The quantitative estimate of drug-likeness (QED) is 0.526. The molecule has 1 aliphatic rings. The first-order valence-corrected chi connectivity index (χ1v) is 3.51. The summed E-state index contributed by atoms with van der Waals surface area (Å²) in [5.74, 6) is -0.540. The molecule has 0 saturated carbocycles. The Morgan fingerprint density at radius 3 is 2.11 bits per heavy atom. The van der Waals surface area contributed by atoms with Crippen LogP contribution in [-0.2, 0) is 9.47 Å². The number of ether oxygens (including phenoxy) is 2. The number of hydrogen-bond donors (Lipinski definition) is 0. The van der Waals surface area contributed by atoms with Crippen LogP contribution in [0.15, 0.2) is 0 Å². The smallest absolute Gasteiger partial charge is 0.181 e. The molecular weight excluding hydrogens is 140 g/mol. The van der Waals surface area contributed by atoms with Gasteiger partial charge in [-0.3, -0.25) is 0 Å². The zero-order chi connectivity index (χ0) is 6.91. The summed E-state index contributed by atoms with van der Waals surface area (Å²) in [6.45, 7) is 5.05. The van der Waals surface area contributed by atoms with E-state index in [4.69, 9.17) is 21.1 Å². The summed E-state index contributed by atoms with van der Waals surface area (Å²) in [6, 6.07) is 0. The maximum atomic E-state index is 5.78. The molecule has 1 fully saturated rings. The third kappa shape index (κ3) is 1.37. The third-order valence-corrected chi connectivity index (χ3v) is 1.98. The number of hydrogen-bond acceptors (Lipinski definition) is 2. The number of halogens is 1. The van der Waals surface area contributed by atoms with E-state index < -0.39 is 5.79 Å². The van der Waals surface area contributed by atoms with Crippen molar-refractivity contribution in [2.75, 3.05) is 13.2 Å². The minimum Gasteiger partial charge on any atom is -0.346 e. The molecule has 0 aromatic carbocycles. The highest BCUT2D eigenvalue weighted by atomic mass is 35.5. The van der Waals surface area contributed by atoms with Crippen LogP contribution in [0.1, 0.15) is 13.8 Å². The van der Waals surface area contributed by atoms with E-state index >= 15 is 0 Å². The number of alkyl halides is 1. The van der Waals surface area contributed by atoms with Crippen LogP contribution in [-0.4, -0.2) is 24.4 Å². The minimum atomic E-state index is -0.540. The molecule has 2 nitrogen and oxygen atoms in total. The summed E-state index contributed by atoms with van der Waals surface area (Å²) in [4.78, 5) is 0. The van der Waals surface area contributed by atoms with Crippen molar-refractivity contribution in [2.24, 2.45) is 0 Å². The van der Waals surface area contributed by atoms with Gasteiger partial charge in [0.05, 0.1) is 18.6 Å². The van der Waals surface area contributed by atoms with Crippen molar-refractivity contribution in [3.63, 3.8) is 0 Å². The monoisotopic (exact) mass is 150 g/mol. The van der Waals surface area contributed by atoms with Crippen molar-refractivity contribution in [1.82, 2.24) is 0 Å². The molecule has 0 bridgehead atoms. The van der Waals surface area contributed by atoms with E-state index in [0.717, 1.165) is 0 Å². The molecule has 1 atom stereocenters. The average Bonchev–Trinajstić information content (AvgIpc) is 2.16. The molecule has 9 heavy (non-hydrogen) atoms. The Morgan fingerprint density at radius 2 is 1.89 bits per heavy atom. The number of rotatable bonds is 1. The second kappa shape index (κ2) is 2.45. The maximum Gasteiger partial charge on any atom is 0.181 e. The molecule has 1 saturated heterocycles. The molecule has 0 aromatic heterocycles. The van der Waals surface area contributed by atoms with E-state index in [9.17, 15) is 0 Å². The Balaban J connectivity index is 2.51. The summed E-state index contributed by atoms with van der Waals surface area (Å²) in [7, 11) is 0. The van der Waals surface area contributed by atoms with Gasteiger partial charge in [-0.2, -0.15) is 0 Å². The van der Waals surface area contributed by atoms with E-state index in [-0.39, 0.29) is 5.38 Å². The fraction of sp³-hybridized carbons (Fsp3) is 1.00. The Morgan fingerprint density at radius 1 is 1.44 bits per heavy atom. The van der Waals surface area contributed by atoms with Crippen molar-refractivity contribution >= 4 is 11.6 Å². The van der Waals surface area contributed by atoms with Gasteiger partial charge in [0.1, 0.15) is 0 Å². The lowest BCUT2D eigenvalue weighted by Crippen LogP contribution is -2.34. The van der Waals surface area contributed by atoms with Gasteiger partial charge in [-0.25, -0.2) is 0 Å². The molecule has 1 rings (SSSR count). The van der Waals surface area contributed by atoms with Crippen LogP contribution < -0.4 is 0 Å². The first kappa shape index (κ1) is 7.32. The van der Waals surface area contributed by atoms with Gasteiger partial charge in [0.2, 0.25) is 0 Å². The molecule has 0 aromatic rings. The minimum absolute atomic E-state index is 0.0833. The van der Waals surface area contributed by atoms with Gasteiger partial charge in [-0.1, -0.05) is 0 Å². The van der Waals surface area contributed by atoms with Crippen molar-refractivity contribution < 1.29 is 9.47 Å². The highest BCUT2D eigenvalue weighted by molar-refractivity contribution is 6.21. The largest absolute Gasteiger partial charge is 0.346 e. The van der Waals surface area contributed by atoms with Gasteiger partial charge in [-0.15, -0.1) is 11.6 Å². The van der Waals surface area contributed by atoms with Crippen molar-refractivity contribution in [3.8, 4) is 0 Å². The summed E-state index contributed by atoms with van der Waals surface area (Å²) in [5.41, 5.74) is 0. The van der Waals surface area contributed by atoms with Crippen LogP contribution in [0.5, 0.6) is 0 Å². The van der Waals surface area contributed by atoms with Gasteiger partial charge in [0.15, 0.2) is 5.79 Å². The summed E-state index contributed by atoms with van der Waals surface area (Å²) >= 11 is 5.78. The molecule has 1 heterocycles.